The summed E-state index contributed by atoms with van der Waals surface area (Å²) in [5.41, 5.74) is -0.503. The van der Waals surface area contributed by atoms with E-state index in [1.54, 1.807) is 41.5 Å². The molecule has 0 bridgehead atoms. The van der Waals surface area contributed by atoms with E-state index in [0.717, 1.165) is 24.2 Å². The highest BCUT2D eigenvalue weighted by molar-refractivity contribution is 5.69. The zero-order chi connectivity index (χ0) is 23.7. The fraction of sp³-hybridized carbons (Fsp3) is 0.667. The molecule has 0 unspecified atom stereocenters. The largest absolute Gasteiger partial charge is 0.509 e. The first-order valence-electron chi connectivity index (χ1n) is 11.1. The lowest BCUT2D eigenvalue weighted by Gasteiger charge is -2.29. The van der Waals surface area contributed by atoms with Crippen LogP contribution in [0.3, 0.4) is 0 Å². The van der Waals surface area contributed by atoms with Crippen LogP contribution < -0.4 is 4.74 Å². The minimum absolute atomic E-state index is 0.0167. The molecule has 1 heterocycles. The van der Waals surface area contributed by atoms with Crippen LogP contribution in [0, 0.1) is 0 Å². The van der Waals surface area contributed by atoms with Gasteiger partial charge in [-0.1, -0.05) is 12.1 Å². The SMILES string of the molecule is CC(C)(C)OC(=O)O[C@H]1CN(C(=O)OC(C)(C)C)[C@H](Cc2ccc(OC3CC3)cc2)[C@@H]1O. The summed E-state index contributed by atoms with van der Waals surface area (Å²) in [6, 6.07) is 7.00. The van der Waals surface area contributed by atoms with Gasteiger partial charge in [-0.2, -0.15) is 0 Å². The Morgan fingerprint density at radius 1 is 1.00 bits per heavy atom. The number of carbonyl (C=O) groups excluding carboxylic acids is 2. The molecular weight excluding hydrogens is 414 g/mol. The highest BCUT2D eigenvalue weighted by Gasteiger charge is 2.47. The number of carbonyl (C=O) groups is 2. The van der Waals surface area contributed by atoms with Crippen LogP contribution in [0.25, 0.3) is 0 Å². The van der Waals surface area contributed by atoms with Gasteiger partial charge in [0.2, 0.25) is 0 Å². The van der Waals surface area contributed by atoms with Crippen molar-refractivity contribution in [3.63, 3.8) is 0 Å². The number of rotatable bonds is 5. The second-order valence-corrected chi connectivity index (χ2v) is 10.5. The average Bonchev–Trinajstić information content (AvgIpc) is 3.40. The van der Waals surface area contributed by atoms with Crippen LogP contribution in [0.4, 0.5) is 9.59 Å². The third kappa shape index (κ3) is 7.02. The van der Waals surface area contributed by atoms with E-state index < -0.39 is 41.7 Å². The van der Waals surface area contributed by atoms with E-state index in [1.807, 2.05) is 24.3 Å². The number of aliphatic hydroxyl groups is 1. The van der Waals surface area contributed by atoms with E-state index >= 15 is 0 Å². The standard InChI is InChI=1S/C24H35NO7/c1-23(2,3)31-21(27)25-14-19(30-22(28)32-24(4,5)6)20(26)18(25)13-15-7-9-16(10-8-15)29-17-11-12-17/h7-10,17-20,26H,11-14H2,1-6H3/t18-,19+,20+/m1/s1. The second kappa shape index (κ2) is 9.17. The van der Waals surface area contributed by atoms with E-state index in [-0.39, 0.29) is 6.54 Å². The molecule has 0 radical (unpaired) electrons. The van der Waals surface area contributed by atoms with E-state index in [4.69, 9.17) is 18.9 Å². The normalized spacial score (nSPS) is 23.6. The quantitative estimate of drug-likeness (QED) is 0.677. The van der Waals surface area contributed by atoms with Crippen molar-refractivity contribution in [2.45, 2.75) is 96.4 Å². The Morgan fingerprint density at radius 2 is 1.59 bits per heavy atom. The first kappa shape index (κ1) is 24.2. The summed E-state index contributed by atoms with van der Waals surface area (Å²) in [4.78, 5) is 26.4. The minimum Gasteiger partial charge on any atom is -0.490 e. The first-order valence-corrected chi connectivity index (χ1v) is 11.1. The lowest BCUT2D eigenvalue weighted by Crippen LogP contribution is -2.43. The Morgan fingerprint density at radius 3 is 2.12 bits per heavy atom. The summed E-state index contributed by atoms with van der Waals surface area (Å²) in [5, 5.41) is 10.9. The summed E-state index contributed by atoms with van der Waals surface area (Å²) in [5.74, 6) is 0.804. The number of aliphatic hydroxyl groups excluding tert-OH is 1. The average molecular weight is 450 g/mol. The van der Waals surface area contributed by atoms with Gasteiger partial charge in [0, 0.05) is 0 Å². The van der Waals surface area contributed by atoms with E-state index in [2.05, 4.69) is 0 Å². The molecule has 8 heteroatoms. The number of hydrogen-bond donors (Lipinski definition) is 1. The van der Waals surface area contributed by atoms with Crippen LogP contribution in [0.15, 0.2) is 24.3 Å². The predicted molar refractivity (Wildman–Crippen MR) is 118 cm³/mol. The minimum atomic E-state index is -1.09. The lowest BCUT2D eigenvalue weighted by atomic mass is 10.0. The van der Waals surface area contributed by atoms with Gasteiger partial charge in [0.1, 0.15) is 23.1 Å². The molecule has 1 aliphatic carbocycles. The molecule has 178 valence electrons. The summed E-state index contributed by atoms with van der Waals surface area (Å²) in [6.45, 7) is 10.5. The Balaban J connectivity index is 1.72. The lowest BCUT2D eigenvalue weighted by molar-refractivity contribution is -0.0486. The number of amides is 1. The molecule has 3 rings (SSSR count). The molecule has 2 fully saturated rings. The van der Waals surface area contributed by atoms with Crippen LogP contribution in [-0.4, -0.2) is 64.4 Å². The van der Waals surface area contributed by atoms with Crippen molar-refractivity contribution in [1.29, 1.82) is 0 Å². The summed E-state index contributed by atoms with van der Waals surface area (Å²) in [6.07, 6.45) is -0.598. The van der Waals surface area contributed by atoms with Gasteiger partial charge in [0.05, 0.1) is 18.7 Å². The van der Waals surface area contributed by atoms with Crippen molar-refractivity contribution < 1.29 is 33.6 Å². The molecule has 1 aliphatic heterocycles. The number of likely N-dealkylation sites (tertiary alicyclic amines) is 1. The third-order valence-electron chi connectivity index (χ3n) is 5.01. The molecule has 8 nitrogen and oxygen atoms in total. The maximum atomic E-state index is 12.9. The number of benzene rings is 1. The zero-order valence-electron chi connectivity index (χ0n) is 19.8. The Kier molecular flexibility index (Phi) is 6.93. The fourth-order valence-corrected chi connectivity index (χ4v) is 3.46. The van der Waals surface area contributed by atoms with Crippen LogP contribution in [-0.2, 0) is 20.6 Å². The van der Waals surface area contributed by atoms with Gasteiger partial charge in [0.25, 0.3) is 0 Å². The highest BCUT2D eigenvalue weighted by Crippen LogP contribution is 2.29. The maximum Gasteiger partial charge on any atom is 0.509 e. The molecule has 1 saturated carbocycles. The van der Waals surface area contributed by atoms with Gasteiger partial charge in [-0.3, -0.25) is 4.90 Å². The molecule has 0 spiro atoms. The van der Waals surface area contributed by atoms with Crippen molar-refractivity contribution in [1.82, 2.24) is 4.90 Å². The highest BCUT2D eigenvalue weighted by atomic mass is 16.7. The van der Waals surface area contributed by atoms with E-state index in [9.17, 15) is 14.7 Å². The molecule has 1 amide bonds. The number of nitrogens with zero attached hydrogens (tertiary/aromatic N) is 1. The Bertz CT molecular complexity index is 805. The molecule has 1 saturated heterocycles. The smallest absolute Gasteiger partial charge is 0.490 e. The maximum absolute atomic E-state index is 12.9. The van der Waals surface area contributed by atoms with Crippen LogP contribution in [0.1, 0.15) is 59.9 Å². The van der Waals surface area contributed by atoms with Gasteiger partial charge in [-0.15, -0.1) is 0 Å². The molecule has 2 aliphatic rings. The zero-order valence-corrected chi connectivity index (χ0v) is 19.8. The van der Waals surface area contributed by atoms with Crippen molar-refractivity contribution in [2.24, 2.45) is 0 Å². The van der Waals surface area contributed by atoms with Gasteiger partial charge in [-0.05, 0) is 78.5 Å². The van der Waals surface area contributed by atoms with E-state index in [1.165, 1.54) is 4.90 Å². The topological polar surface area (TPSA) is 94.5 Å². The van der Waals surface area contributed by atoms with Gasteiger partial charge in [0.15, 0.2) is 6.10 Å². The van der Waals surface area contributed by atoms with Crippen molar-refractivity contribution in [3.05, 3.63) is 29.8 Å². The molecule has 1 aromatic carbocycles. The van der Waals surface area contributed by atoms with Crippen LogP contribution in [0.5, 0.6) is 5.75 Å². The molecule has 1 N–H and O–H groups in total. The van der Waals surface area contributed by atoms with Gasteiger partial charge >= 0.3 is 12.2 Å². The Hall–Kier alpha value is -2.48. The van der Waals surface area contributed by atoms with Crippen LogP contribution >= 0.6 is 0 Å². The third-order valence-corrected chi connectivity index (χ3v) is 5.01. The number of ether oxygens (including phenoxy) is 4. The van der Waals surface area contributed by atoms with E-state index in [0.29, 0.717) is 12.5 Å². The summed E-state index contributed by atoms with van der Waals surface area (Å²) < 4.78 is 21.9. The molecule has 0 aromatic heterocycles. The summed E-state index contributed by atoms with van der Waals surface area (Å²) in [7, 11) is 0. The molecule has 1 aromatic rings. The Labute approximate surface area is 189 Å². The molecule has 3 atom stereocenters. The monoisotopic (exact) mass is 449 g/mol. The fourth-order valence-electron chi connectivity index (χ4n) is 3.46. The van der Waals surface area contributed by atoms with Crippen molar-refractivity contribution in [3.8, 4) is 5.75 Å². The molecular formula is C24H35NO7. The van der Waals surface area contributed by atoms with Gasteiger partial charge in [-0.25, -0.2) is 9.59 Å². The summed E-state index contributed by atoms with van der Waals surface area (Å²) >= 11 is 0. The van der Waals surface area contributed by atoms with Crippen LogP contribution in [0.2, 0.25) is 0 Å². The number of hydrogen-bond acceptors (Lipinski definition) is 7. The first-order chi connectivity index (χ1) is 14.8. The predicted octanol–water partition coefficient (Wildman–Crippen LogP) is 4.07. The van der Waals surface area contributed by atoms with Crippen molar-refractivity contribution >= 4 is 12.2 Å². The van der Waals surface area contributed by atoms with Crippen molar-refractivity contribution in [2.75, 3.05) is 6.54 Å². The molecule has 32 heavy (non-hydrogen) atoms. The second-order valence-electron chi connectivity index (χ2n) is 10.5. The van der Waals surface area contributed by atoms with Gasteiger partial charge < -0.3 is 24.1 Å².